The van der Waals surface area contributed by atoms with Gasteiger partial charge in [-0.15, -0.1) is 0 Å². The van der Waals surface area contributed by atoms with Crippen LogP contribution in [0, 0.1) is 19.7 Å². The summed E-state index contributed by atoms with van der Waals surface area (Å²) in [5, 5.41) is 0. The predicted molar refractivity (Wildman–Crippen MR) is 102 cm³/mol. The van der Waals surface area contributed by atoms with Crippen LogP contribution in [0.4, 0.5) is 4.39 Å². The average Bonchev–Trinajstić information content (AvgIpc) is 3.28. The summed E-state index contributed by atoms with van der Waals surface area (Å²) in [5.74, 6) is 0.440. The van der Waals surface area contributed by atoms with Crippen LogP contribution in [0.25, 0.3) is 0 Å². The highest BCUT2D eigenvalue weighted by atomic mass is 19.1. The molecule has 6 heteroatoms. The molecule has 1 saturated heterocycles. The molecule has 3 aromatic rings. The molecule has 3 heterocycles. The van der Waals surface area contributed by atoms with Gasteiger partial charge in [-0.1, -0.05) is 18.2 Å². The number of likely N-dealkylation sites (tertiary alicyclic amines) is 1. The van der Waals surface area contributed by atoms with E-state index >= 15 is 0 Å². The van der Waals surface area contributed by atoms with E-state index < -0.39 is 0 Å². The lowest BCUT2D eigenvalue weighted by Crippen LogP contribution is -2.31. The standard InChI is InChI=1S/C22H22FN3O2/c1-14-21(28-15(2)25-14)22(27)26-10-4-7-20(26)19-9-8-17(13-24-19)11-16-5-3-6-18(23)12-16/h3,5-6,8-9,12-13,20H,4,7,10-11H2,1-2H3/t20-/m0/s1. The molecule has 144 valence electrons. The minimum Gasteiger partial charge on any atom is -0.436 e. The molecule has 0 aliphatic carbocycles. The quantitative estimate of drug-likeness (QED) is 0.674. The first-order valence-electron chi connectivity index (χ1n) is 9.45. The molecular formula is C22H22FN3O2. The Hall–Kier alpha value is -3.02. The number of nitrogens with zero attached hydrogens (tertiary/aromatic N) is 3. The second kappa shape index (κ2) is 7.54. The van der Waals surface area contributed by atoms with E-state index in [9.17, 15) is 9.18 Å². The summed E-state index contributed by atoms with van der Waals surface area (Å²) in [6.07, 6.45) is 4.23. The number of benzene rings is 1. The zero-order valence-corrected chi connectivity index (χ0v) is 16.0. The highest BCUT2D eigenvalue weighted by Gasteiger charge is 2.34. The zero-order valence-electron chi connectivity index (χ0n) is 16.0. The molecule has 0 unspecified atom stereocenters. The Kier molecular flexibility index (Phi) is 4.94. The minimum absolute atomic E-state index is 0.0690. The molecule has 1 amide bonds. The lowest BCUT2D eigenvalue weighted by molar-refractivity contribution is 0.0698. The number of carbonyl (C=O) groups excluding carboxylic acids is 1. The maximum absolute atomic E-state index is 13.4. The average molecular weight is 379 g/mol. The normalized spacial score (nSPS) is 16.5. The van der Waals surface area contributed by atoms with Crippen LogP contribution in [-0.4, -0.2) is 27.3 Å². The van der Waals surface area contributed by atoms with Crippen LogP contribution in [0.1, 0.15) is 57.8 Å². The van der Waals surface area contributed by atoms with Gasteiger partial charge in [0.1, 0.15) is 5.82 Å². The van der Waals surface area contributed by atoms with Gasteiger partial charge in [-0.05, 0) is 55.5 Å². The Morgan fingerprint density at radius 2 is 2.11 bits per heavy atom. The minimum atomic E-state index is -0.236. The van der Waals surface area contributed by atoms with Crippen molar-refractivity contribution in [2.45, 2.75) is 39.2 Å². The summed E-state index contributed by atoms with van der Waals surface area (Å²) in [7, 11) is 0. The number of pyridine rings is 1. The third kappa shape index (κ3) is 3.67. The molecular weight excluding hydrogens is 357 g/mol. The van der Waals surface area contributed by atoms with Gasteiger partial charge in [-0.25, -0.2) is 9.37 Å². The van der Waals surface area contributed by atoms with Crippen LogP contribution >= 0.6 is 0 Å². The van der Waals surface area contributed by atoms with Crippen molar-refractivity contribution in [3.05, 3.63) is 82.6 Å². The van der Waals surface area contributed by atoms with E-state index in [2.05, 4.69) is 9.97 Å². The molecule has 0 saturated carbocycles. The Bertz CT molecular complexity index is 997. The molecule has 1 aromatic carbocycles. The second-order valence-electron chi connectivity index (χ2n) is 7.20. The number of aromatic nitrogens is 2. The van der Waals surface area contributed by atoms with E-state index in [0.717, 1.165) is 29.7 Å². The lowest BCUT2D eigenvalue weighted by atomic mass is 10.0. The zero-order chi connectivity index (χ0) is 19.7. The van der Waals surface area contributed by atoms with Gasteiger partial charge in [0, 0.05) is 19.7 Å². The van der Waals surface area contributed by atoms with Gasteiger partial charge in [0.15, 0.2) is 5.89 Å². The van der Waals surface area contributed by atoms with E-state index in [4.69, 9.17) is 4.42 Å². The summed E-state index contributed by atoms with van der Waals surface area (Å²) in [6.45, 7) is 4.20. The van der Waals surface area contributed by atoms with Gasteiger partial charge < -0.3 is 9.32 Å². The monoisotopic (exact) mass is 379 g/mol. The number of hydrogen-bond donors (Lipinski definition) is 0. The molecule has 0 N–H and O–H groups in total. The first kappa shape index (κ1) is 18.3. The fourth-order valence-electron chi connectivity index (χ4n) is 3.80. The third-order valence-electron chi connectivity index (χ3n) is 5.10. The molecule has 0 bridgehead atoms. The second-order valence-corrected chi connectivity index (χ2v) is 7.20. The van der Waals surface area contributed by atoms with E-state index in [-0.39, 0.29) is 17.8 Å². The molecule has 4 rings (SSSR count). The first-order chi connectivity index (χ1) is 13.5. The van der Waals surface area contributed by atoms with Crippen molar-refractivity contribution in [2.24, 2.45) is 0 Å². The summed E-state index contributed by atoms with van der Waals surface area (Å²) in [6, 6.07) is 10.5. The molecule has 1 aliphatic rings. The Morgan fingerprint density at radius 1 is 1.25 bits per heavy atom. The number of carbonyl (C=O) groups is 1. The fraction of sp³-hybridized carbons (Fsp3) is 0.318. The van der Waals surface area contributed by atoms with Crippen LogP contribution in [0.3, 0.4) is 0 Å². The van der Waals surface area contributed by atoms with Crippen molar-refractivity contribution in [1.29, 1.82) is 0 Å². The number of hydrogen-bond acceptors (Lipinski definition) is 4. The topological polar surface area (TPSA) is 59.2 Å². The molecule has 0 radical (unpaired) electrons. The Labute approximate surface area is 163 Å². The molecule has 2 aromatic heterocycles. The van der Waals surface area contributed by atoms with E-state index in [0.29, 0.717) is 30.3 Å². The molecule has 0 spiro atoms. The largest absolute Gasteiger partial charge is 0.436 e. The van der Waals surface area contributed by atoms with E-state index in [1.165, 1.54) is 12.1 Å². The number of oxazole rings is 1. The van der Waals surface area contributed by atoms with Crippen LogP contribution in [0.15, 0.2) is 47.0 Å². The van der Waals surface area contributed by atoms with E-state index in [1.807, 2.05) is 29.3 Å². The summed E-state index contributed by atoms with van der Waals surface area (Å²) >= 11 is 0. The predicted octanol–water partition coefficient (Wildman–Crippen LogP) is 4.39. The first-order valence-corrected chi connectivity index (χ1v) is 9.45. The van der Waals surface area contributed by atoms with E-state index in [1.54, 1.807) is 19.9 Å². The third-order valence-corrected chi connectivity index (χ3v) is 5.10. The maximum atomic E-state index is 13.4. The van der Waals surface area contributed by atoms with Gasteiger partial charge in [0.2, 0.25) is 5.76 Å². The number of amides is 1. The lowest BCUT2D eigenvalue weighted by Gasteiger charge is -2.23. The van der Waals surface area contributed by atoms with Crippen LogP contribution in [-0.2, 0) is 6.42 Å². The highest BCUT2D eigenvalue weighted by molar-refractivity contribution is 5.93. The molecule has 28 heavy (non-hydrogen) atoms. The van der Waals surface area contributed by atoms with Gasteiger partial charge in [-0.3, -0.25) is 9.78 Å². The Balaban J connectivity index is 1.51. The molecule has 1 atom stereocenters. The van der Waals surface area contributed by atoms with Crippen LogP contribution < -0.4 is 0 Å². The van der Waals surface area contributed by atoms with Gasteiger partial charge in [0.05, 0.1) is 17.4 Å². The maximum Gasteiger partial charge on any atom is 0.292 e. The van der Waals surface area contributed by atoms with Crippen molar-refractivity contribution in [1.82, 2.24) is 14.9 Å². The van der Waals surface area contributed by atoms with Crippen molar-refractivity contribution in [3.63, 3.8) is 0 Å². The van der Waals surface area contributed by atoms with Crippen molar-refractivity contribution < 1.29 is 13.6 Å². The van der Waals surface area contributed by atoms with Crippen molar-refractivity contribution >= 4 is 5.91 Å². The van der Waals surface area contributed by atoms with Crippen LogP contribution in [0.5, 0.6) is 0 Å². The Morgan fingerprint density at radius 3 is 2.79 bits per heavy atom. The molecule has 1 fully saturated rings. The van der Waals surface area contributed by atoms with Gasteiger partial charge >= 0.3 is 0 Å². The summed E-state index contributed by atoms with van der Waals surface area (Å²) in [5.41, 5.74) is 3.39. The molecule has 1 aliphatic heterocycles. The number of aryl methyl sites for hydroxylation is 2. The number of rotatable bonds is 4. The van der Waals surface area contributed by atoms with Gasteiger partial charge in [-0.2, -0.15) is 0 Å². The number of halogens is 1. The summed E-state index contributed by atoms with van der Waals surface area (Å²) < 4.78 is 18.9. The van der Waals surface area contributed by atoms with Crippen molar-refractivity contribution in [2.75, 3.05) is 6.54 Å². The summed E-state index contributed by atoms with van der Waals surface area (Å²) in [4.78, 5) is 23.6. The molecule has 5 nitrogen and oxygen atoms in total. The SMILES string of the molecule is Cc1nc(C)c(C(=O)N2CCC[C@H]2c2ccc(Cc3cccc(F)c3)cn2)o1. The highest BCUT2D eigenvalue weighted by Crippen LogP contribution is 2.32. The van der Waals surface area contributed by atoms with Crippen molar-refractivity contribution in [3.8, 4) is 0 Å². The van der Waals surface area contributed by atoms with Crippen LogP contribution in [0.2, 0.25) is 0 Å². The fourth-order valence-corrected chi connectivity index (χ4v) is 3.80. The van der Waals surface area contributed by atoms with Gasteiger partial charge in [0.25, 0.3) is 5.91 Å². The smallest absolute Gasteiger partial charge is 0.292 e.